The molecule has 0 saturated heterocycles. The van der Waals surface area contributed by atoms with E-state index >= 15 is 0 Å². The summed E-state index contributed by atoms with van der Waals surface area (Å²) in [7, 11) is 1.36. The number of rotatable bonds is 7. The van der Waals surface area contributed by atoms with Gasteiger partial charge < -0.3 is 9.47 Å². The van der Waals surface area contributed by atoms with Crippen LogP contribution >= 0.6 is 11.6 Å². The number of benzene rings is 1. The van der Waals surface area contributed by atoms with Crippen molar-refractivity contribution in [3.05, 3.63) is 40.6 Å². The van der Waals surface area contributed by atoms with Crippen molar-refractivity contribution in [2.45, 2.75) is 46.1 Å². The monoisotopic (exact) mass is 380 g/mol. The van der Waals surface area contributed by atoms with Gasteiger partial charge in [0.15, 0.2) is 0 Å². The van der Waals surface area contributed by atoms with Crippen LogP contribution in [0, 0.1) is 0 Å². The van der Waals surface area contributed by atoms with Gasteiger partial charge in [-0.15, -0.1) is 0 Å². The number of nitrogens with zero attached hydrogens (tertiary/aromatic N) is 2. The summed E-state index contributed by atoms with van der Waals surface area (Å²) in [5, 5.41) is 4.88. The number of hydrogen-bond donors (Lipinski definition) is 0. The molecule has 0 aliphatic rings. The number of esters is 1. The van der Waals surface area contributed by atoms with Gasteiger partial charge in [0, 0.05) is 13.1 Å². The summed E-state index contributed by atoms with van der Waals surface area (Å²) in [6.07, 6.45) is 0.889. The summed E-state index contributed by atoms with van der Waals surface area (Å²) in [5.74, 6) is 0.0519. The van der Waals surface area contributed by atoms with Crippen LogP contribution in [0.25, 0.3) is 0 Å². The average Bonchev–Trinajstić information content (AvgIpc) is 2.59. The van der Waals surface area contributed by atoms with Gasteiger partial charge in [-0.3, -0.25) is 9.59 Å². The maximum absolute atomic E-state index is 12.5. The number of hydrogen-bond acceptors (Lipinski definition) is 5. The molecule has 6 nitrogen and oxygen atoms in total. The van der Waals surface area contributed by atoms with Crippen LogP contribution in [0.15, 0.2) is 40.2 Å². The lowest BCUT2D eigenvalue weighted by atomic mass is 10.1. The lowest BCUT2D eigenvalue weighted by Crippen LogP contribution is -2.42. The molecule has 0 fully saturated rings. The van der Waals surface area contributed by atoms with Gasteiger partial charge in [-0.25, -0.2) is 5.01 Å². The molecule has 1 aromatic carbocycles. The molecule has 0 aliphatic carbocycles. The molecule has 0 N–H and O–H groups in total. The minimum absolute atomic E-state index is 0.0675. The van der Waals surface area contributed by atoms with E-state index in [1.165, 1.54) is 12.1 Å². The Balaban J connectivity index is 2.83. The molecule has 7 heteroatoms. The minimum Gasteiger partial charge on any atom is -0.469 e. The van der Waals surface area contributed by atoms with Crippen molar-refractivity contribution in [2.75, 3.05) is 7.11 Å². The molecule has 0 bridgehead atoms. The normalized spacial score (nSPS) is 12.1. The molecule has 0 atom stereocenters. The predicted octanol–water partition coefficient (Wildman–Crippen LogP) is 3.88. The van der Waals surface area contributed by atoms with Gasteiger partial charge in [0.1, 0.15) is 16.5 Å². The number of allylic oxidation sites excluding steroid dienone is 1. The fraction of sp³-hybridized carbons (Fsp3) is 0.421. The largest absolute Gasteiger partial charge is 0.469 e. The number of aryl methyl sites for hydroxylation is 1. The molecule has 26 heavy (non-hydrogen) atoms. The highest BCUT2D eigenvalue weighted by Crippen LogP contribution is 2.23. The van der Waals surface area contributed by atoms with Crippen LogP contribution < -0.4 is 4.74 Å². The number of halogens is 1. The Morgan fingerprint density at radius 3 is 2.27 bits per heavy atom. The zero-order valence-corrected chi connectivity index (χ0v) is 16.6. The van der Waals surface area contributed by atoms with E-state index < -0.39 is 11.4 Å². The number of ether oxygens (including phenoxy) is 2. The number of carbonyl (C=O) groups excluding carboxylic acids is 2. The van der Waals surface area contributed by atoms with E-state index in [9.17, 15) is 9.59 Å². The van der Waals surface area contributed by atoms with Gasteiger partial charge in [-0.2, -0.15) is 5.10 Å². The minimum atomic E-state index is -0.555. The first kappa shape index (κ1) is 21.7. The summed E-state index contributed by atoms with van der Waals surface area (Å²) >= 11 is 6.17. The fourth-order valence-electron chi connectivity index (χ4n) is 2.12. The average molecular weight is 381 g/mol. The molecule has 0 unspecified atom stereocenters. The zero-order chi connectivity index (χ0) is 19.9. The Kier molecular flexibility index (Phi) is 7.83. The molecule has 142 valence electrons. The Labute approximate surface area is 159 Å². The Bertz CT molecular complexity index is 690. The molecular weight excluding hydrogens is 356 g/mol. The van der Waals surface area contributed by atoms with Gasteiger partial charge in [0.05, 0.1) is 12.6 Å². The van der Waals surface area contributed by atoms with Crippen molar-refractivity contribution in [1.29, 1.82) is 0 Å². The van der Waals surface area contributed by atoms with Gasteiger partial charge in [-0.1, -0.05) is 23.7 Å². The van der Waals surface area contributed by atoms with E-state index in [2.05, 4.69) is 16.6 Å². The van der Waals surface area contributed by atoms with E-state index in [-0.39, 0.29) is 16.8 Å². The van der Waals surface area contributed by atoms with Crippen LogP contribution in [0.5, 0.6) is 5.75 Å². The van der Waals surface area contributed by atoms with Gasteiger partial charge in [-0.05, 0) is 51.8 Å². The first-order chi connectivity index (χ1) is 12.1. The molecule has 0 spiro atoms. The Morgan fingerprint density at radius 1 is 1.23 bits per heavy atom. The van der Waals surface area contributed by atoms with Crippen molar-refractivity contribution in [1.82, 2.24) is 5.01 Å². The molecule has 0 aromatic heterocycles. The predicted molar refractivity (Wildman–Crippen MR) is 102 cm³/mol. The molecule has 1 amide bonds. The van der Waals surface area contributed by atoms with Crippen LogP contribution in [0.1, 0.15) is 39.7 Å². The van der Waals surface area contributed by atoms with Crippen LogP contribution in [-0.2, 0) is 20.7 Å². The van der Waals surface area contributed by atoms with E-state index in [0.717, 1.165) is 5.56 Å². The lowest BCUT2D eigenvalue weighted by molar-refractivity contribution is -0.140. The first-order valence-corrected chi connectivity index (χ1v) is 8.49. The number of hydrazone groups is 1. The summed E-state index contributed by atoms with van der Waals surface area (Å²) in [6.45, 7) is 10.5. The van der Waals surface area contributed by atoms with Gasteiger partial charge in [0.2, 0.25) is 0 Å². The standard InChI is InChI=1S/C19H25ClN2O4/c1-13(17(20)18(24)22(21-5)19(2,3)4)26-15-10-7-14(8-11-15)9-12-16(23)25-6/h7-8,10-11H,5,9,12H2,1-4,6H3/b17-13-. The number of methoxy groups -OCH3 is 1. The van der Waals surface area contributed by atoms with Crippen LogP contribution in [0.3, 0.4) is 0 Å². The third kappa shape index (κ3) is 6.19. The molecule has 0 heterocycles. The molecule has 0 saturated carbocycles. The van der Waals surface area contributed by atoms with Crippen molar-refractivity contribution in [3.8, 4) is 5.75 Å². The van der Waals surface area contributed by atoms with Crippen molar-refractivity contribution < 1.29 is 19.1 Å². The fourth-order valence-corrected chi connectivity index (χ4v) is 2.24. The highest BCUT2D eigenvalue weighted by atomic mass is 35.5. The molecule has 1 aromatic rings. The van der Waals surface area contributed by atoms with E-state index in [1.54, 1.807) is 19.1 Å². The van der Waals surface area contributed by atoms with E-state index in [1.807, 2.05) is 32.9 Å². The van der Waals surface area contributed by atoms with E-state index in [0.29, 0.717) is 18.6 Å². The van der Waals surface area contributed by atoms with Crippen LogP contribution in [0.4, 0.5) is 0 Å². The summed E-state index contributed by atoms with van der Waals surface area (Å²) in [4.78, 5) is 23.6. The second-order valence-corrected chi connectivity index (χ2v) is 7.00. The summed E-state index contributed by atoms with van der Waals surface area (Å²) in [5.41, 5.74) is 0.418. The second kappa shape index (κ2) is 9.38. The van der Waals surface area contributed by atoms with Gasteiger partial charge in [0.25, 0.3) is 5.91 Å². The SMILES string of the molecule is C=NN(C(=O)/C(Cl)=C(\C)Oc1ccc(CCC(=O)OC)cc1)C(C)(C)C. The smallest absolute Gasteiger partial charge is 0.305 e. The molecule has 1 rings (SSSR count). The number of carbonyl (C=O) groups is 2. The zero-order valence-electron chi connectivity index (χ0n) is 15.8. The van der Waals surface area contributed by atoms with Crippen LogP contribution in [0.2, 0.25) is 0 Å². The van der Waals surface area contributed by atoms with Crippen molar-refractivity contribution >= 4 is 30.2 Å². The van der Waals surface area contributed by atoms with E-state index in [4.69, 9.17) is 16.3 Å². The molecule has 0 aliphatic heterocycles. The topological polar surface area (TPSA) is 68.2 Å². The molecular formula is C19H25ClN2O4. The maximum atomic E-state index is 12.5. The quantitative estimate of drug-likeness (QED) is 0.236. The lowest BCUT2D eigenvalue weighted by Gasteiger charge is -2.30. The third-order valence-corrected chi connectivity index (χ3v) is 3.93. The van der Waals surface area contributed by atoms with Gasteiger partial charge >= 0.3 is 5.97 Å². The third-order valence-electron chi connectivity index (χ3n) is 3.51. The summed E-state index contributed by atoms with van der Waals surface area (Å²) in [6, 6.07) is 7.18. The second-order valence-electron chi connectivity index (χ2n) is 6.62. The number of amides is 1. The summed E-state index contributed by atoms with van der Waals surface area (Å²) < 4.78 is 10.3. The van der Waals surface area contributed by atoms with Crippen molar-refractivity contribution in [3.63, 3.8) is 0 Å². The Hall–Kier alpha value is -2.34. The first-order valence-electron chi connectivity index (χ1n) is 8.11. The van der Waals surface area contributed by atoms with Crippen LogP contribution in [-0.4, -0.2) is 36.3 Å². The Morgan fingerprint density at radius 2 is 1.81 bits per heavy atom. The molecule has 0 radical (unpaired) electrons. The highest BCUT2D eigenvalue weighted by molar-refractivity contribution is 6.42. The highest BCUT2D eigenvalue weighted by Gasteiger charge is 2.29. The van der Waals surface area contributed by atoms with Crippen molar-refractivity contribution in [2.24, 2.45) is 5.10 Å². The maximum Gasteiger partial charge on any atom is 0.305 e.